The van der Waals surface area contributed by atoms with Crippen LogP contribution in [0, 0.1) is 5.92 Å². The summed E-state index contributed by atoms with van der Waals surface area (Å²) in [5.41, 5.74) is 12.2. The van der Waals surface area contributed by atoms with Crippen molar-refractivity contribution in [3.05, 3.63) is 70.8 Å². The standard InChI is InChI=1S/C24H33N5O2/c1-15(2)22(31-14-17-5-4-6-21(13-17)19-9-10-19)24(30)27-16(3)18-7-11-20(12-8-18)23(25)28-29-26/h4-8,11-13,15-16,19,22,29H,9-10,14,26H2,1-3H3,(H2,25,28)(H,27,30)/t16-,22+/m0/s1. The van der Waals surface area contributed by atoms with Gasteiger partial charge in [0.05, 0.1) is 12.6 Å². The Morgan fingerprint density at radius 2 is 1.87 bits per heavy atom. The van der Waals surface area contributed by atoms with Crippen LogP contribution in [0.1, 0.15) is 67.8 Å². The number of benzene rings is 2. The Kier molecular flexibility index (Phi) is 7.65. The third-order valence-electron chi connectivity index (χ3n) is 5.54. The number of nitrogens with two attached hydrogens (primary N) is 2. The molecular formula is C24H33N5O2. The molecule has 0 saturated heterocycles. The molecule has 31 heavy (non-hydrogen) atoms. The van der Waals surface area contributed by atoms with Crippen LogP contribution in [0.3, 0.4) is 0 Å². The summed E-state index contributed by atoms with van der Waals surface area (Å²) in [7, 11) is 0. The van der Waals surface area contributed by atoms with Crippen LogP contribution in [-0.2, 0) is 16.1 Å². The second-order valence-corrected chi connectivity index (χ2v) is 8.47. The molecule has 1 aliphatic carbocycles. The predicted octanol–water partition coefficient (Wildman–Crippen LogP) is 3.07. The fraction of sp³-hybridized carbons (Fsp3) is 0.417. The number of amides is 1. The minimum atomic E-state index is -0.523. The molecule has 0 bridgehead atoms. The van der Waals surface area contributed by atoms with E-state index in [0.717, 1.165) is 16.7 Å². The van der Waals surface area contributed by atoms with Crippen LogP contribution in [0.4, 0.5) is 0 Å². The van der Waals surface area contributed by atoms with Gasteiger partial charge in [-0.3, -0.25) is 4.79 Å². The Bertz CT molecular complexity index is 906. The van der Waals surface area contributed by atoms with Crippen molar-refractivity contribution in [3.8, 4) is 0 Å². The van der Waals surface area contributed by atoms with E-state index in [2.05, 4.69) is 40.2 Å². The van der Waals surface area contributed by atoms with Gasteiger partial charge in [-0.25, -0.2) is 11.4 Å². The molecule has 1 saturated carbocycles. The first kappa shape index (κ1) is 22.8. The number of hydrazine groups is 1. The van der Waals surface area contributed by atoms with Crippen LogP contribution in [0.5, 0.6) is 0 Å². The van der Waals surface area contributed by atoms with Crippen molar-refractivity contribution in [2.45, 2.75) is 58.3 Å². The summed E-state index contributed by atoms with van der Waals surface area (Å²) in [4.78, 5) is 12.9. The maximum Gasteiger partial charge on any atom is 0.249 e. The van der Waals surface area contributed by atoms with Crippen LogP contribution in [-0.4, -0.2) is 17.8 Å². The predicted molar refractivity (Wildman–Crippen MR) is 123 cm³/mol. The molecular weight excluding hydrogens is 390 g/mol. The zero-order valence-electron chi connectivity index (χ0n) is 18.5. The van der Waals surface area contributed by atoms with Gasteiger partial charge in [-0.2, -0.15) is 0 Å². The lowest BCUT2D eigenvalue weighted by atomic mass is 10.0. The van der Waals surface area contributed by atoms with Gasteiger partial charge >= 0.3 is 0 Å². The van der Waals surface area contributed by atoms with Crippen molar-refractivity contribution in [2.24, 2.45) is 22.6 Å². The van der Waals surface area contributed by atoms with E-state index in [4.69, 9.17) is 16.3 Å². The van der Waals surface area contributed by atoms with E-state index in [1.54, 1.807) is 0 Å². The first-order valence-corrected chi connectivity index (χ1v) is 10.8. The average molecular weight is 424 g/mol. The third-order valence-corrected chi connectivity index (χ3v) is 5.54. The Labute approximate surface area is 184 Å². The van der Waals surface area contributed by atoms with Crippen LogP contribution in [0.15, 0.2) is 53.6 Å². The van der Waals surface area contributed by atoms with Crippen molar-refractivity contribution in [1.82, 2.24) is 10.9 Å². The summed E-state index contributed by atoms with van der Waals surface area (Å²) in [5.74, 6) is 6.10. The Hall–Kier alpha value is -2.90. The monoisotopic (exact) mass is 423 g/mol. The number of rotatable bonds is 10. The SMILES string of the molecule is CC(C)[C@@H](OCc1cccc(C2CC2)c1)C(=O)N[C@@H](C)c1ccc(C(N)=NNN)cc1. The summed E-state index contributed by atoms with van der Waals surface area (Å²) >= 11 is 0. The lowest BCUT2D eigenvalue weighted by Crippen LogP contribution is -2.40. The van der Waals surface area contributed by atoms with E-state index < -0.39 is 6.10 Å². The molecule has 0 aromatic heterocycles. The molecule has 1 aliphatic rings. The van der Waals surface area contributed by atoms with Crippen LogP contribution in [0.2, 0.25) is 0 Å². The first-order chi connectivity index (χ1) is 14.9. The summed E-state index contributed by atoms with van der Waals surface area (Å²) in [6.45, 7) is 6.37. The Morgan fingerprint density at radius 3 is 2.48 bits per heavy atom. The second kappa shape index (κ2) is 10.4. The van der Waals surface area contributed by atoms with E-state index in [-0.39, 0.29) is 17.9 Å². The Morgan fingerprint density at radius 1 is 1.16 bits per heavy atom. The number of hydrazone groups is 1. The summed E-state index contributed by atoms with van der Waals surface area (Å²) in [5, 5.41) is 6.83. The van der Waals surface area contributed by atoms with Crippen molar-refractivity contribution in [1.29, 1.82) is 0 Å². The molecule has 2 aromatic rings. The average Bonchev–Trinajstić information content (AvgIpc) is 3.59. The highest BCUT2D eigenvalue weighted by atomic mass is 16.5. The van der Waals surface area contributed by atoms with Crippen LogP contribution < -0.4 is 22.4 Å². The van der Waals surface area contributed by atoms with Gasteiger partial charge in [0.25, 0.3) is 0 Å². The molecule has 0 radical (unpaired) electrons. The van der Waals surface area contributed by atoms with Gasteiger partial charge in [0, 0.05) is 5.56 Å². The molecule has 6 N–H and O–H groups in total. The maximum atomic E-state index is 12.9. The van der Waals surface area contributed by atoms with E-state index in [1.165, 1.54) is 18.4 Å². The van der Waals surface area contributed by atoms with Gasteiger partial charge in [-0.1, -0.05) is 62.4 Å². The first-order valence-electron chi connectivity index (χ1n) is 10.8. The number of nitrogens with zero attached hydrogens (tertiary/aromatic N) is 1. The van der Waals surface area contributed by atoms with Crippen LogP contribution in [0.25, 0.3) is 0 Å². The van der Waals surface area contributed by atoms with Crippen molar-refractivity contribution in [3.63, 3.8) is 0 Å². The fourth-order valence-corrected chi connectivity index (χ4v) is 3.57. The van der Waals surface area contributed by atoms with Crippen molar-refractivity contribution >= 4 is 11.7 Å². The highest BCUT2D eigenvalue weighted by Crippen LogP contribution is 2.40. The molecule has 0 heterocycles. The topological polar surface area (TPSA) is 115 Å². The van der Waals surface area contributed by atoms with Crippen molar-refractivity contribution in [2.75, 3.05) is 0 Å². The van der Waals surface area contributed by atoms with E-state index in [0.29, 0.717) is 18.4 Å². The zero-order valence-corrected chi connectivity index (χ0v) is 18.5. The quantitative estimate of drug-likeness (QED) is 0.203. The molecule has 7 heteroatoms. The van der Waals surface area contributed by atoms with E-state index in [1.807, 2.05) is 45.0 Å². The Balaban J connectivity index is 1.59. The molecule has 2 atom stereocenters. The summed E-state index contributed by atoms with van der Waals surface area (Å²) in [6, 6.07) is 15.8. The zero-order chi connectivity index (χ0) is 22.4. The molecule has 3 rings (SSSR count). The van der Waals surface area contributed by atoms with Gasteiger partial charge in [0.15, 0.2) is 5.84 Å². The minimum absolute atomic E-state index is 0.0564. The number of hydrogen-bond acceptors (Lipinski definition) is 5. The number of hydrogen-bond donors (Lipinski definition) is 4. The van der Waals surface area contributed by atoms with Gasteiger partial charge in [0.1, 0.15) is 6.10 Å². The van der Waals surface area contributed by atoms with Gasteiger partial charge in [0.2, 0.25) is 5.91 Å². The summed E-state index contributed by atoms with van der Waals surface area (Å²) in [6.07, 6.45) is 2.01. The van der Waals surface area contributed by atoms with Gasteiger partial charge in [-0.05, 0) is 48.3 Å². The van der Waals surface area contributed by atoms with Crippen LogP contribution >= 0.6 is 0 Å². The number of nitrogens with one attached hydrogen (secondary N) is 2. The lowest BCUT2D eigenvalue weighted by Gasteiger charge is -2.24. The normalized spacial score (nSPS) is 16.1. The second-order valence-electron chi connectivity index (χ2n) is 8.47. The molecule has 166 valence electrons. The maximum absolute atomic E-state index is 12.9. The molecule has 2 aromatic carbocycles. The highest BCUT2D eigenvalue weighted by Gasteiger charge is 2.26. The molecule has 7 nitrogen and oxygen atoms in total. The van der Waals surface area contributed by atoms with E-state index >= 15 is 0 Å². The molecule has 0 spiro atoms. The minimum Gasteiger partial charge on any atom is -0.382 e. The number of amidine groups is 1. The molecule has 1 fully saturated rings. The lowest BCUT2D eigenvalue weighted by molar-refractivity contribution is -0.137. The number of ether oxygens (including phenoxy) is 1. The largest absolute Gasteiger partial charge is 0.382 e. The van der Waals surface area contributed by atoms with Gasteiger partial charge in [-0.15, -0.1) is 5.10 Å². The third kappa shape index (κ3) is 6.29. The molecule has 0 unspecified atom stereocenters. The molecule has 1 amide bonds. The highest BCUT2D eigenvalue weighted by molar-refractivity contribution is 5.97. The van der Waals surface area contributed by atoms with Gasteiger partial charge < -0.3 is 15.8 Å². The number of carbonyl (C=O) groups is 1. The summed E-state index contributed by atoms with van der Waals surface area (Å²) < 4.78 is 6.06. The number of carbonyl (C=O) groups excluding carboxylic acids is 1. The smallest absolute Gasteiger partial charge is 0.249 e. The molecule has 0 aliphatic heterocycles. The van der Waals surface area contributed by atoms with E-state index in [9.17, 15) is 4.79 Å². The fourth-order valence-electron chi connectivity index (χ4n) is 3.57. The van der Waals surface area contributed by atoms with Crippen molar-refractivity contribution < 1.29 is 9.53 Å².